The highest BCUT2D eigenvalue weighted by molar-refractivity contribution is 5.63. The number of aryl methyl sites for hydroxylation is 3. The Labute approximate surface area is 816 Å². The zero-order valence-electron chi connectivity index (χ0n) is 84.7. The first-order valence-electron chi connectivity index (χ1n) is 49.3. The van der Waals surface area contributed by atoms with Crippen molar-refractivity contribution in [1.82, 2.24) is 0 Å². The fraction of sp³-hybridized carbons (Fsp3) is 0.419. The zero-order valence-corrected chi connectivity index (χ0v) is 84.7. The lowest BCUT2D eigenvalue weighted by Crippen LogP contribution is -2.17. The van der Waals surface area contributed by atoms with E-state index in [0.29, 0.717) is 52.6 Å². The first-order valence-corrected chi connectivity index (χ1v) is 49.3. The van der Waals surface area contributed by atoms with Crippen molar-refractivity contribution >= 4 is 12.2 Å². The summed E-state index contributed by atoms with van der Waals surface area (Å²) in [7, 11) is 0. The Hall–Kier alpha value is -12.1. The minimum absolute atomic E-state index is 0.00137. The van der Waals surface area contributed by atoms with Gasteiger partial charge in [0.2, 0.25) is 0 Å². The molecule has 728 valence electrons. The van der Waals surface area contributed by atoms with Gasteiger partial charge in [0.15, 0.2) is 0 Å². The van der Waals surface area contributed by atoms with E-state index in [2.05, 4.69) is 174 Å². The van der Waals surface area contributed by atoms with Gasteiger partial charge in [0.1, 0.15) is 69.0 Å². The molecular weight excluding hydrogens is 1680 g/mol. The van der Waals surface area contributed by atoms with Crippen LogP contribution in [0.4, 0.5) is 0 Å². The number of unbranched alkanes of at least 4 members (excludes halogenated alkanes) is 2. The maximum absolute atomic E-state index is 10.5. The summed E-state index contributed by atoms with van der Waals surface area (Å²) in [5.41, 5.74) is 23.5. The van der Waals surface area contributed by atoms with E-state index in [4.69, 9.17) is 12.8 Å². The lowest BCUT2D eigenvalue weighted by atomic mass is 9.73. The Bertz CT molecular complexity index is 5470. The molecule has 0 aromatic heterocycles. The number of rotatable bonds is 28. The van der Waals surface area contributed by atoms with Gasteiger partial charge in [0, 0.05) is 81.7 Å². The molecule has 0 saturated heterocycles. The van der Waals surface area contributed by atoms with Crippen LogP contribution in [0.1, 0.15) is 341 Å². The molecule has 0 bridgehead atoms. The second-order valence-corrected chi connectivity index (χ2v) is 39.3. The van der Waals surface area contributed by atoms with Crippen LogP contribution >= 0.6 is 0 Å². The van der Waals surface area contributed by atoms with E-state index in [1.54, 1.807) is 72.8 Å². The molecule has 6 aromatic carbocycles. The number of phenols is 12. The van der Waals surface area contributed by atoms with Gasteiger partial charge in [-0.2, -0.15) is 0 Å². The molecule has 136 heavy (non-hydrogen) atoms. The molecule has 12 rings (SSSR count). The van der Waals surface area contributed by atoms with E-state index in [-0.39, 0.29) is 140 Å². The normalized spacial score (nSPS) is 21.3. The maximum Gasteiger partial charge on any atom is 0.123 e. The third-order valence-corrected chi connectivity index (χ3v) is 27.6. The van der Waals surface area contributed by atoms with Gasteiger partial charge in [-0.15, -0.1) is 24.7 Å². The van der Waals surface area contributed by atoms with Crippen molar-refractivity contribution in [2.24, 2.45) is 35.5 Å². The largest absolute Gasteiger partial charge is 0.507 e. The number of benzene rings is 6. The Kier molecular flexibility index (Phi) is 44.0. The van der Waals surface area contributed by atoms with Crippen molar-refractivity contribution < 1.29 is 61.3 Å². The molecular formula is C124H160O12. The summed E-state index contributed by atoms with van der Waals surface area (Å²) >= 11 is 0. The highest BCUT2D eigenvalue weighted by Crippen LogP contribution is 2.54. The molecule has 12 nitrogen and oxygen atoms in total. The summed E-state index contributed by atoms with van der Waals surface area (Å²) in [6.45, 7) is 57.6. The van der Waals surface area contributed by atoms with Crippen molar-refractivity contribution in [2.75, 3.05) is 0 Å². The summed E-state index contributed by atoms with van der Waals surface area (Å²) in [6, 6.07) is 21.1. The third kappa shape index (κ3) is 31.5. The molecule has 12 N–H and O–H groups in total. The van der Waals surface area contributed by atoms with Gasteiger partial charge in [-0.25, -0.2) is 0 Å². The summed E-state index contributed by atoms with van der Waals surface area (Å²) in [6.07, 6.45) is 62.1. The van der Waals surface area contributed by atoms with Crippen LogP contribution in [-0.2, 0) is 25.7 Å². The standard InChI is InChI=1S/3C21H28O2.C21H26O2.C20H26O2.C20H24O2/c4*1-5-6-7-8-16-12-19(22)21(20(23)13-16)18-11-15(4)9-10-17(18)14(2)3;2*1-5-6-7-15-11-18(21)20(19(22)12-15)17-10-14(4)8-9-16(17)13(2)3/h7-8,11-13,17-18,22-23H,2,5-6,9-10H2,1,3-4H3;6-7,11-13,17-18,22-23H,2,5,8-10H2,1,3-4H3;5-6,11-13,17-18,22-23H,2,7-10H2,1,3-4H3;1,11-13,17-18,22-23H,2,6-10H2,3-4H3;6-7,10-12,16-17,21-22H,2,5,8-9H2,1,3-4H3;1,10-12,16-17,21-22H,2,6-9H2,3-4H3/b8-7+;7-6+;6-5+;;7-6+;/t4*17-,18+;2*16-,17+/m000000/s1. The summed E-state index contributed by atoms with van der Waals surface area (Å²) in [5, 5.41) is 126. The van der Waals surface area contributed by atoms with E-state index in [0.717, 1.165) is 202 Å². The van der Waals surface area contributed by atoms with Gasteiger partial charge in [0.05, 0.1) is 0 Å². The van der Waals surface area contributed by atoms with Gasteiger partial charge in [-0.3, -0.25) is 0 Å². The van der Waals surface area contributed by atoms with Gasteiger partial charge in [-0.1, -0.05) is 219 Å². The maximum atomic E-state index is 10.5. The predicted octanol–water partition coefficient (Wildman–Crippen LogP) is 32.5. The molecule has 6 aromatic rings. The molecule has 0 saturated carbocycles. The van der Waals surface area contributed by atoms with Gasteiger partial charge >= 0.3 is 0 Å². The van der Waals surface area contributed by atoms with Crippen LogP contribution in [0, 0.1) is 60.2 Å². The van der Waals surface area contributed by atoms with Crippen LogP contribution in [0.5, 0.6) is 69.0 Å². The average molecular weight is 1840 g/mol. The van der Waals surface area contributed by atoms with Crippen molar-refractivity contribution in [1.29, 1.82) is 0 Å². The molecule has 0 fully saturated rings. The second kappa shape index (κ2) is 54.0. The van der Waals surface area contributed by atoms with E-state index >= 15 is 0 Å². The minimum atomic E-state index is -0.0204. The number of allylic oxidation sites excluding steroid dienone is 24. The van der Waals surface area contributed by atoms with Crippen LogP contribution in [0.25, 0.3) is 12.2 Å². The molecule has 12 heteroatoms. The third-order valence-electron chi connectivity index (χ3n) is 27.6. The average Bonchev–Trinajstić information content (AvgIpc) is 0.815. The van der Waals surface area contributed by atoms with Gasteiger partial charge in [-0.05, 0) is 367 Å². The van der Waals surface area contributed by atoms with Crippen molar-refractivity contribution in [3.05, 3.63) is 319 Å². The van der Waals surface area contributed by atoms with E-state index < -0.39 is 0 Å². The van der Waals surface area contributed by atoms with Gasteiger partial charge < -0.3 is 61.3 Å². The van der Waals surface area contributed by atoms with Crippen LogP contribution in [0.15, 0.2) is 252 Å². The minimum Gasteiger partial charge on any atom is -0.507 e. The Morgan fingerprint density at radius 3 is 0.794 bits per heavy atom. The molecule has 0 radical (unpaired) electrons. The second-order valence-electron chi connectivity index (χ2n) is 39.3. The molecule has 6 aliphatic carbocycles. The highest BCUT2D eigenvalue weighted by Gasteiger charge is 2.37. The van der Waals surface area contributed by atoms with E-state index in [1.165, 1.54) is 33.4 Å². The van der Waals surface area contributed by atoms with Crippen LogP contribution < -0.4 is 0 Å². The monoisotopic (exact) mass is 1840 g/mol. The lowest BCUT2D eigenvalue weighted by Gasteiger charge is -2.31. The van der Waals surface area contributed by atoms with Crippen LogP contribution in [-0.4, -0.2) is 61.3 Å². The van der Waals surface area contributed by atoms with Crippen molar-refractivity contribution in [3.63, 3.8) is 0 Å². The SMILES string of the molecule is C#CCCCc1cc(O)c([C@@H]2C=C(C)CC[C@H]2C(=C)C)c(O)c1.C#CCCc1cc(O)c([C@@H]2C=C(C)CC[C@H]2C(=C)C)c(O)c1.C=C(C)[C@@H]1CCC(C)=C[C@H]1c1c(O)cc(/C=C/CC)cc1O.C=C(C)[C@@H]1CCC(C)=C[C@H]1c1c(O)cc(/C=C/CCC)cc1O.C=C(C)[C@@H]1CCC(C)=C[C@H]1c1c(O)cc(C/C=C/CC)cc1O.C=C(C)[C@@H]1CCC(C)=C[C@H]1c1c(O)cc(CC/C=C/C)cc1O. The van der Waals surface area contributed by atoms with Crippen LogP contribution in [0.2, 0.25) is 0 Å². The lowest BCUT2D eigenvalue weighted by molar-refractivity contribution is 0.405. The van der Waals surface area contributed by atoms with Crippen molar-refractivity contribution in [3.8, 4) is 93.7 Å². The summed E-state index contributed by atoms with van der Waals surface area (Å²) in [5.74, 6) is 8.78. The Morgan fingerprint density at radius 2 is 0.551 bits per heavy atom. The smallest absolute Gasteiger partial charge is 0.123 e. The summed E-state index contributed by atoms with van der Waals surface area (Å²) in [4.78, 5) is 0. The molecule has 6 aliphatic rings. The number of phenolic OH excluding ortho intramolecular Hbond substituents is 12. The molecule has 0 heterocycles. The molecule has 0 aliphatic heterocycles. The molecule has 0 amide bonds. The highest BCUT2D eigenvalue weighted by atomic mass is 16.3. The Morgan fingerprint density at radius 1 is 0.309 bits per heavy atom. The number of hydrogen-bond acceptors (Lipinski definition) is 12. The Balaban J connectivity index is 0.000000222. The molecule has 0 unspecified atom stereocenters. The van der Waals surface area contributed by atoms with Gasteiger partial charge in [0.25, 0.3) is 0 Å². The quantitative estimate of drug-likeness (QED) is 0.0125. The predicted molar refractivity (Wildman–Crippen MR) is 571 cm³/mol. The molecule has 12 atom stereocenters. The molecule has 0 spiro atoms. The zero-order chi connectivity index (χ0) is 100. The topological polar surface area (TPSA) is 243 Å². The van der Waals surface area contributed by atoms with Crippen LogP contribution in [0.3, 0.4) is 0 Å². The van der Waals surface area contributed by atoms with E-state index in [1.807, 2.05) is 72.8 Å². The number of terminal acetylenes is 2. The van der Waals surface area contributed by atoms with E-state index in [9.17, 15) is 61.3 Å². The fourth-order valence-electron chi connectivity index (χ4n) is 20.3. The number of hydrogen-bond donors (Lipinski definition) is 12. The number of aromatic hydroxyl groups is 12. The fourth-order valence-corrected chi connectivity index (χ4v) is 20.3. The first kappa shape index (κ1) is 111. The van der Waals surface area contributed by atoms with Crippen molar-refractivity contribution in [2.45, 2.75) is 300 Å². The first-order chi connectivity index (χ1) is 64.6. The summed E-state index contributed by atoms with van der Waals surface area (Å²) < 4.78 is 0.